The number of methoxy groups -OCH3 is 1. The zero-order chi connectivity index (χ0) is 12.8. The van der Waals surface area contributed by atoms with Gasteiger partial charge in [0.15, 0.2) is 0 Å². The number of rotatable bonds is 3. The van der Waals surface area contributed by atoms with Gasteiger partial charge in [0.05, 0.1) is 25.0 Å². The Kier molecular flexibility index (Phi) is 4.96. The van der Waals surface area contributed by atoms with E-state index in [0.29, 0.717) is 10.2 Å². The molecule has 1 amide bonds. The minimum absolute atomic E-state index is 0.259. The van der Waals surface area contributed by atoms with Gasteiger partial charge in [0.1, 0.15) is 0 Å². The maximum Gasteiger partial charge on any atom is 0.411 e. The van der Waals surface area contributed by atoms with Crippen molar-refractivity contribution in [2.45, 2.75) is 6.92 Å². The fraction of sp³-hybridized carbons (Fsp3) is 0.273. The van der Waals surface area contributed by atoms with Crippen molar-refractivity contribution in [3.63, 3.8) is 0 Å². The van der Waals surface area contributed by atoms with Crippen LogP contribution in [-0.4, -0.2) is 25.8 Å². The zero-order valence-electron chi connectivity index (χ0n) is 9.45. The average molecular weight is 302 g/mol. The molecule has 0 atom stereocenters. The molecule has 1 N–H and O–H groups in total. The van der Waals surface area contributed by atoms with Gasteiger partial charge < -0.3 is 9.47 Å². The lowest BCUT2D eigenvalue weighted by Gasteiger charge is -2.09. The maximum absolute atomic E-state index is 11.5. The molecule has 17 heavy (non-hydrogen) atoms. The molecule has 0 spiro atoms. The number of ether oxygens (including phenoxy) is 2. The molecule has 0 saturated heterocycles. The summed E-state index contributed by atoms with van der Waals surface area (Å²) in [5.74, 6) is -0.530. The molecule has 0 saturated carbocycles. The lowest BCUT2D eigenvalue weighted by atomic mass is 10.2. The van der Waals surface area contributed by atoms with Crippen molar-refractivity contribution in [2.75, 3.05) is 19.0 Å². The van der Waals surface area contributed by atoms with Crippen LogP contribution in [0.4, 0.5) is 10.5 Å². The summed E-state index contributed by atoms with van der Waals surface area (Å²) in [7, 11) is 1.28. The number of anilines is 1. The summed E-state index contributed by atoms with van der Waals surface area (Å²) in [4.78, 5) is 22.8. The number of nitrogens with one attached hydrogen (secondary N) is 1. The second-order valence-electron chi connectivity index (χ2n) is 3.03. The normalized spacial score (nSPS) is 9.59. The van der Waals surface area contributed by atoms with Crippen molar-refractivity contribution in [3.8, 4) is 0 Å². The Morgan fingerprint density at radius 3 is 2.71 bits per heavy atom. The van der Waals surface area contributed by atoms with E-state index >= 15 is 0 Å². The molecule has 1 aromatic rings. The molecule has 0 aliphatic heterocycles. The van der Waals surface area contributed by atoms with Crippen LogP contribution >= 0.6 is 15.9 Å². The number of halogens is 1. The van der Waals surface area contributed by atoms with E-state index in [1.54, 1.807) is 25.1 Å². The van der Waals surface area contributed by atoms with Crippen LogP contribution in [0.3, 0.4) is 0 Å². The summed E-state index contributed by atoms with van der Waals surface area (Å²) in [6, 6.07) is 4.86. The fourth-order valence-corrected chi connectivity index (χ4v) is 1.54. The lowest BCUT2D eigenvalue weighted by Crippen LogP contribution is -2.16. The van der Waals surface area contributed by atoms with Crippen LogP contribution in [0.2, 0.25) is 0 Å². The highest BCUT2D eigenvalue weighted by Crippen LogP contribution is 2.22. The predicted octanol–water partition coefficient (Wildman–Crippen LogP) is 2.80. The van der Waals surface area contributed by atoms with E-state index in [1.165, 1.54) is 7.11 Å². The van der Waals surface area contributed by atoms with Crippen LogP contribution in [0, 0.1) is 0 Å². The van der Waals surface area contributed by atoms with Crippen LogP contribution in [0.5, 0.6) is 0 Å². The first-order chi connectivity index (χ1) is 8.08. The Balaban J connectivity index is 2.98. The highest BCUT2D eigenvalue weighted by molar-refractivity contribution is 9.10. The number of hydrogen-bond donors (Lipinski definition) is 1. The minimum atomic E-state index is -0.611. The molecule has 1 rings (SSSR count). The Hall–Kier alpha value is -1.56. The smallest absolute Gasteiger partial charge is 0.411 e. The Bertz CT molecular complexity index is 433. The summed E-state index contributed by atoms with van der Waals surface area (Å²) in [6.07, 6.45) is -0.611. The van der Waals surface area contributed by atoms with E-state index in [2.05, 4.69) is 26.0 Å². The first-order valence-electron chi connectivity index (χ1n) is 4.90. The van der Waals surface area contributed by atoms with Gasteiger partial charge in [-0.15, -0.1) is 0 Å². The van der Waals surface area contributed by atoms with Crippen LogP contribution < -0.4 is 5.32 Å². The van der Waals surface area contributed by atoms with Crippen molar-refractivity contribution in [1.82, 2.24) is 0 Å². The van der Waals surface area contributed by atoms with Crippen LogP contribution in [0.15, 0.2) is 22.7 Å². The van der Waals surface area contributed by atoms with Gasteiger partial charge in [0.25, 0.3) is 0 Å². The van der Waals surface area contributed by atoms with Gasteiger partial charge in [-0.05, 0) is 25.1 Å². The Morgan fingerprint density at radius 1 is 1.41 bits per heavy atom. The zero-order valence-corrected chi connectivity index (χ0v) is 11.0. The summed E-state index contributed by atoms with van der Waals surface area (Å²) >= 11 is 3.24. The molecule has 0 fully saturated rings. The molecule has 92 valence electrons. The van der Waals surface area contributed by atoms with E-state index in [1.807, 2.05) is 0 Å². The molecule has 1 aromatic carbocycles. The largest absolute Gasteiger partial charge is 0.465 e. The first kappa shape index (κ1) is 13.5. The van der Waals surface area contributed by atoms with Crippen molar-refractivity contribution in [1.29, 1.82) is 0 Å². The molecule has 0 radical (unpaired) electrons. The third kappa shape index (κ3) is 3.74. The average Bonchev–Trinajstić information content (AvgIpc) is 2.30. The second kappa shape index (κ2) is 6.24. The summed E-state index contributed by atoms with van der Waals surface area (Å²) in [5, 5.41) is 2.47. The van der Waals surface area contributed by atoms with Crippen molar-refractivity contribution >= 4 is 33.7 Å². The topological polar surface area (TPSA) is 64.6 Å². The van der Waals surface area contributed by atoms with Crippen molar-refractivity contribution < 1.29 is 19.1 Å². The quantitative estimate of drug-likeness (QED) is 0.872. The molecular formula is C11H12BrNO4. The fourth-order valence-electron chi connectivity index (χ4n) is 1.18. The molecule has 6 heteroatoms. The minimum Gasteiger partial charge on any atom is -0.465 e. The van der Waals surface area contributed by atoms with Gasteiger partial charge in [0, 0.05) is 4.47 Å². The standard InChI is InChI=1S/C11H12BrNO4/c1-3-17-11(15)13-9-5-4-7(12)6-8(9)10(14)16-2/h4-6H,3H2,1-2H3,(H,13,15). The van der Waals surface area contributed by atoms with Gasteiger partial charge >= 0.3 is 12.1 Å². The molecule has 0 unspecified atom stereocenters. The molecule has 0 aromatic heterocycles. The maximum atomic E-state index is 11.5. The number of esters is 1. The van der Waals surface area contributed by atoms with E-state index in [4.69, 9.17) is 4.74 Å². The van der Waals surface area contributed by atoms with E-state index in [-0.39, 0.29) is 12.2 Å². The second-order valence-corrected chi connectivity index (χ2v) is 3.94. The Morgan fingerprint density at radius 2 is 2.12 bits per heavy atom. The first-order valence-corrected chi connectivity index (χ1v) is 5.69. The van der Waals surface area contributed by atoms with Crippen LogP contribution in [0.25, 0.3) is 0 Å². The SMILES string of the molecule is CCOC(=O)Nc1ccc(Br)cc1C(=O)OC. The number of amides is 1. The lowest BCUT2D eigenvalue weighted by molar-refractivity contribution is 0.0602. The van der Waals surface area contributed by atoms with Crippen molar-refractivity contribution in [2.24, 2.45) is 0 Å². The summed E-state index contributed by atoms with van der Waals surface area (Å²) in [5.41, 5.74) is 0.605. The van der Waals surface area contributed by atoms with Gasteiger partial charge in [-0.25, -0.2) is 9.59 Å². The van der Waals surface area contributed by atoms with Gasteiger partial charge in [-0.1, -0.05) is 15.9 Å². The molecular weight excluding hydrogens is 290 g/mol. The van der Waals surface area contributed by atoms with E-state index in [9.17, 15) is 9.59 Å². The van der Waals surface area contributed by atoms with E-state index in [0.717, 1.165) is 0 Å². The third-order valence-corrected chi connectivity index (χ3v) is 2.39. The Labute approximate surface area is 107 Å². The third-order valence-electron chi connectivity index (χ3n) is 1.90. The van der Waals surface area contributed by atoms with Crippen molar-refractivity contribution in [3.05, 3.63) is 28.2 Å². The molecule has 0 heterocycles. The number of hydrogen-bond acceptors (Lipinski definition) is 4. The molecule has 0 aliphatic carbocycles. The molecule has 0 aliphatic rings. The summed E-state index contributed by atoms with van der Waals surface area (Å²) in [6.45, 7) is 1.96. The van der Waals surface area contributed by atoms with Gasteiger partial charge in [0.2, 0.25) is 0 Å². The highest BCUT2D eigenvalue weighted by atomic mass is 79.9. The number of carbonyl (C=O) groups is 2. The van der Waals surface area contributed by atoms with E-state index < -0.39 is 12.1 Å². The van der Waals surface area contributed by atoms with Crippen LogP contribution in [-0.2, 0) is 9.47 Å². The summed E-state index contributed by atoms with van der Waals surface area (Å²) < 4.78 is 10.1. The number of benzene rings is 1. The molecule has 5 nitrogen and oxygen atoms in total. The molecule has 0 bridgehead atoms. The number of carbonyl (C=O) groups excluding carboxylic acids is 2. The monoisotopic (exact) mass is 301 g/mol. The van der Waals surface area contributed by atoms with Crippen LogP contribution in [0.1, 0.15) is 17.3 Å². The predicted molar refractivity (Wildman–Crippen MR) is 66.1 cm³/mol. The van der Waals surface area contributed by atoms with Gasteiger partial charge in [-0.3, -0.25) is 5.32 Å². The highest BCUT2D eigenvalue weighted by Gasteiger charge is 2.14. The van der Waals surface area contributed by atoms with Gasteiger partial charge in [-0.2, -0.15) is 0 Å².